The van der Waals surface area contributed by atoms with Gasteiger partial charge in [-0.05, 0) is 55.2 Å². The Kier molecular flexibility index (Phi) is 8.16. The molecular formula is C30H29F3N6OS. The topological polar surface area (TPSA) is 75.4 Å². The standard InChI is InChI=1S/C30H29F3N6OS/c1-19-14-20(2)26(21(3)15-19)38-12-13-41-29(38)36-28(40)34-17-23-4-8-24(9-5-23)27-35-18-39(37-27)25-10-6-22(7-11-25)16-30(31,32)33/h4-11,14-15,18H,12-13,16-17H2,1-3H3,(H,34,40). The highest BCUT2D eigenvalue weighted by atomic mass is 32.2. The number of rotatable bonds is 6. The summed E-state index contributed by atoms with van der Waals surface area (Å²) >= 11 is 1.57. The fourth-order valence-corrected chi connectivity index (χ4v) is 5.84. The lowest BCUT2D eigenvalue weighted by molar-refractivity contribution is -0.127. The van der Waals surface area contributed by atoms with Crippen molar-refractivity contribution in [1.29, 1.82) is 0 Å². The maximum atomic E-state index is 12.7. The van der Waals surface area contributed by atoms with Crippen LogP contribution >= 0.6 is 11.8 Å². The number of benzene rings is 3. The van der Waals surface area contributed by atoms with Gasteiger partial charge in [-0.3, -0.25) is 0 Å². The highest BCUT2D eigenvalue weighted by molar-refractivity contribution is 8.14. The third-order valence-electron chi connectivity index (χ3n) is 6.63. The van der Waals surface area contributed by atoms with Gasteiger partial charge in [-0.25, -0.2) is 14.5 Å². The van der Waals surface area contributed by atoms with Crippen LogP contribution in [0, 0.1) is 20.8 Å². The zero-order chi connectivity index (χ0) is 29.1. The average molecular weight is 579 g/mol. The highest BCUT2D eigenvalue weighted by Gasteiger charge is 2.27. The molecule has 0 unspecified atom stereocenters. The van der Waals surface area contributed by atoms with Crippen molar-refractivity contribution < 1.29 is 18.0 Å². The number of alkyl halides is 3. The van der Waals surface area contributed by atoms with E-state index in [1.807, 2.05) is 24.3 Å². The van der Waals surface area contributed by atoms with E-state index >= 15 is 0 Å². The second kappa shape index (κ2) is 11.8. The molecule has 0 atom stereocenters. The molecular weight excluding hydrogens is 549 g/mol. The summed E-state index contributed by atoms with van der Waals surface area (Å²) in [7, 11) is 0. The lowest BCUT2D eigenvalue weighted by atomic mass is 10.0. The number of amidine groups is 1. The molecule has 0 radical (unpaired) electrons. The van der Waals surface area contributed by atoms with Crippen LogP contribution in [0.1, 0.15) is 27.8 Å². The van der Waals surface area contributed by atoms with Crippen molar-refractivity contribution in [3.05, 3.63) is 94.8 Å². The summed E-state index contributed by atoms with van der Waals surface area (Å²) in [5.41, 5.74) is 7.11. The maximum Gasteiger partial charge on any atom is 0.393 e. The largest absolute Gasteiger partial charge is 0.393 e. The van der Waals surface area contributed by atoms with E-state index in [0.29, 0.717) is 23.2 Å². The summed E-state index contributed by atoms with van der Waals surface area (Å²) in [5.74, 6) is 1.35. The monoisotopic (exact) mass is 578 g/mol. The molecule has 7 nitrogen and oxygen atoms in total. The Morgan fingerprint density at radius 1 is 1.00 bits per heavy atom. The Morgan fingerprint density at radius 3 is 2.32 bits per heavy atom. The molecule has 212 valence electrons. The zero-order valence-corrected chi connectivity index (χ0v) is 23.7. The Hall–Kier alpha value is -4.12. The quantitative estimate of drug-likeness (QED) is 0.273. The number of carbonyl (C=O) groups is 1. The number of thioether (sulfide) groups is 1. The van der Waals surface area contributed by atoms with Crippen LogP contribution < -0.4 is 10.2 Å². The minimum absolute atomic E-state index is 0.187. The Balaban J connectivity index is 1.20. The number of anilines is 1. The number of halogens is 3. The normalized spacial score (nSPS) is 14.6. The molecule has 0 aliphatic carbocycles. The first kappa shape index (κ1) is 28.4. The molecule has 4 aromatic rings. The van der Waals surface area contributed by atoms with Gasteiger partial charge >= 0.3 is 12.2 Å². The van der Waals surface area contributed by atoms with Gasteiger partial charge in [-0.2, -0.15) is 18.2 Å². The van der Waals surface area contributed by atoms with Crippen LogP contribution in [0.5, 0.6) is 0 Å². The molecule has 0 spiro atoms. The van der Waals surface area contributed by atoms with Gasteiger partial charge in [0, 0.05) is 30.1 Å². The number of aromatic nitrogens is 3. The second-order valence-corrected chi connectivity index (χ2v) is 11.0. The minimum atomic E-state index is -4.25. The molecule has 1 saturated heterocycles. The fraction of sp³-hybridized carbons (Fsp3) is 0.267. The first-order valence-electron chi connectivity index (χ1n) is 13.1. The van der Waals surface area contributed by atoms with Crippen LogP contribution in [0.4, 0.5) is 23.7 Å². The van der Waals surface area contributed by atoms with E-state index in [-0.39, 0.29) is 5.56 Å². The maximum absolute atomic E-state index is 12.7. The Labute approximate surface area is 240 Å². The summed E-state index contributed by atoms with van der Waals surface area (Å²) < 4.78 is 39.3. The predicted octanol–water partition coefficient (Wildman–Crippen LogP) is 6.78. The van der Waals surface area contributed by atoms with Crippen LogP contribution in [0.2, 0.25) is 0 Å². The van der Waals surface area contributed by atoms with Crippen LogP contribution in [-0.4, -0.2) is 44.4 Å². The van der Waals surface area contributed by atoms with Crippen molar-refractivity contribution in [1.82, 2.24) is 20.1 Å². The molecule has 0 bridgehead atoms. The fourth-order valence-electron chi connectivity index (χ4n) is 4.89. The van der Waals surface area contributed by atoms with Crippen LogP contribution in [0.25, 0.3) is 17.1 Å². The van der Waals surface area contributed by atoms with E-state index in [1.54, 1.807) is 23.9 Å². The number of carbonyl (C=O) groups excluding carboxylic acids is 1. The predicted molar refractivity (Wildman–Crippen MR) is 157 cm³/mol. The van der Waals surface area contributed by atoms with Gasteiger partial charge in [-0.15, -0.1) is 5.10 Å². The van der Waals surface area contributed by atoms with Crippen molar-refractivity contribution in [3.63, 3.8) is 0 Å². The number of hydrogen-bond donors (Lipinski definition) is 1. The molecule has 41 heavy (non-hydrogen) atoms. The van der Waals surface area contributed by atoms with Gasteiger partial charge in [0.05, 0.1) is 12.1 Å². The number of nitrogens with one attached hydrogen (secondary N) is 1. The van der Waals surface area contributed by atoms with Gasteiger partial charge in [0.2, 0.25) is 0 Å². The van der Waals surface area contributed by atoms with E-state index in [4.69, 9.17) is 0 Å². The van der Waals surface area contributed by atoms with E-state index < -0.39 is 18.6 Å². The first-order chi connectivity index (χ1) is 19.6. The number of aryl methyl sites for hydroxylation is 3. The molecule has 1 fully saturated rings. The molecule has 3 aromatic carbocycles. The number of nitrogens with zero attached hydrogens (tertiary/aromatic N) is 5. The molecule has 1 N–H and O–H groups in total. The van der Waals surface area contributed by atoms with Crippen LogP contribution in [0.3, 0.4) is 0 Å². The molecule has 1 aromatic heterocycles. The number of hydrogen-bond acceptors (Lipinski definition) is 4. The Bertz CT molecular complexity index is 1560. The van der Waals surface area contributed by atoms with Gasteiger partial charge < -0.3 is 10.2 Å². The summed E-state index contributed by atoms with van der Waals surface area (Å²) in [6, 6.07) is 17.4. The van der Waals surface area contributed by atoms with Gasteiger partial charge in [0.1, 0.15) is 6.33 Å². The van der Waals surface area contributed by atoms with Crippen molar-refractivity contribution in [3.8, 4) is 17.1 Å². The van der Waals surface area contributed by atoms with Gasteiger partial charge in [0.25, 0.3) is 0 Å². The third kappa shape index (κ3) is 6.97. The van der Waals surface area contributed by atoms with Crippen LogP contribution in [0.15, 0.2) is 72.0 Å². The van der Waals surface area contributed by atoms with E-state index in [0.717, 1.165) is 40.2 Å². The summed E-state index contributed by atoms with van der Waals surface area (Å²) in [6.07, 6.45) is -3.70. The molecule has 2 amide bonds. The summed E-state index contributed by atoms with van der Waals surface area (Å²) in [4.78, 5) is 23.5. The molecule has 11 heteroatoms. The summed E-state index contributed by atoms with van der Waals surface area (Å²) in [5, 5.41) is 8.02. The number of urea groups is 1. The third-order valence-corrected chi connectivity index (χ3v) is 7.59. The molecule has 1 aliphatic rings. The molecule has 5 rings (SSSR count). The van der Waals surface area contributed by atoms with Crippen LogP contribution in [-0.2, 0) is 13.0 Å². The number of amides is 2. The van der Waals surface area contributed by atoms with E-state index in [2.05, 4.69) is 58.2 Å². The van der Waals surface area contributed by atoms with E-state index in [9.17, 15) is 18.0 Å². The lowest BCUT2D eigenvalue weighted by Gasteiger charge is -2.23. The lowest BCUT2D eigenvalue weighted by Crippen LogP contribution is -2.28. The Morgan fingerprint density at radius 2 is 1.66 bits per heavy atom. The second-order valence-electron chi connectivity index (χ2n) is 9.97. The van der Waals surface area contributed by atoms with Crippen molar-refractivity contribution in [2.75, 3.05) is 17.2 Å². The van der Waals surface area contributed by atoms with Gasteiger partial charge in [-0.1, -0.05) is 65.9 Å². The molecule has 0 saturated carbocycles. The number of aliphatic imine (C=N–C) groups is 1. The van der Waals surface area contributed by atoms with Crippen molar-refractivity contribution in [2.45, 2.75) is 39.9 Å². The molecule has 1 aliphatic heterocycles. The first-order valence-corrected chi connectivity index (χ1v) is 14.1. The van der Waals surface area contributed by atoms with E-state index in [1.165, 1.54) is 28.7 Å². The zero-order valence-electron chi connectivity index (χ0n) is 22.9. The summed E-state index contributed by atoms with van der Waals surface area (Å²) in [6.45, 7) is 7.36. The highest BCUT2D eigenvalue weighted by Crippen LogP contribution is 2.32. The van der Waals surface area contributed by atoms with Gasteiger partial charge in [0.15, 0.2) is 11.0 Å². The van der Waals surface area contributed by atoms with Crippen molar-refractivity contribution in [2.24, 2.45) is 4.99 Å². The van der Waals surface area contributed by atoms with Crippen molar-refractivity contribution >= 4 is 28.6 Å². The average Bonchev–Trinajstić information content (AvgIpc) is 3.57. The smallest absolute Gasteiger partial charge is 0.332 e. The molecule has 2 heterocycles. The minimum Gasteiger partial charge on any atom is -0.332 e. The SMILES string of the molecule is Cc1cc(C)c(N2CCSC2=NC(=O)NCc2ccc(-c3ncn(-c4ccc(CC(F)(F)F)cc4)n3)cc2)c(C)c1.